The maximum absolute atomic E-state index is 9.14. The summed E-state index contributed by atoms with van der Waals surface area (Å²) >= 11 is 0. The summed E-state index contributed by atoms with van der Waals surface area (Å²) in [6, 6.07) is 8.37. The zero-order valence-electron chi connectivity index (χ0n) is 11.4. The molecule has 0 amide bonds. The molecule has 1 aliphatic heterocycles. The molecule has 1 aromatic carbocycles. The monoisotopic (exact) mass is 256 g/mol. The molecule has 19 heavy (non-hydrogen) atoms. The van der Waals surface area contributed by atoms with Gasteiger partial charge in [0.15, 0.2) is 0 Å². The predicted molar refractivity (Wildman–Crippen MR) is 77.2 cm³/mol. The Balaban J connectivity index is 2.09. The van der Waals surface area contributed by atoms with Crippen molar-refractivity contribution in [1.29, 1.82) is 0 Å². The largest absolute Gasteiger partial charge is 0.395 e. The Bertz CT molecular complexity index is 595. The van der Waals surface area contributed by atoms with Crippen LogP contribution in [0.4, 0.5) is 0 Å². The van der Waals surface area contributed by atoms with E-state index < -0.39 is 0 Å². The van der Waals surface area contributed by atoms with Crippen molar-refractivity contribution in [3.63, 3.8) is 0 Å². The molecule has 0 radical (unpaired) electrons. The molecule has 1 aromatic heterocycles. The molecular formula is C16H20N2O. The SMILES string of the molecule is Cc1c2c(nc3ccccc13)CCCN(CCO)C2. The smallest absolute Gasteiger partial charge is 0.0708 e. The highest BCUT2D eigenvalue weighted by molar-refractivity contribution is 5.83. The van der Waals surface area contributed by atoms with Crippen molar-refractivity contribution >= 4 is 10.9 Å². The number of aliphatic hydroxyl groups excluding tert-OH is 1. The molecule has 1 N–H and O–H groups in total. The Labute approximate surface area is 113 Å². The number of fused-ring (bicyclic) bond motifs is 2. The molecule has 2 heterocycles. The molecular weight excluding hydrogens is 236 g/mol. The van der Waals surface area contributed by atoms with Gasteiger partial charge in [0.25, 0.3) is 0 Å². The number of pyridine rings is 1. The first-order chi connectivity index (χ1) is 9.29. The molecule has 100 valence electrons. The lowest BCUT2D eigenvalue weighted by Gasteiger charge is -2.20. The minimum Gasteiger partial charge on any atom is -0.395 e. The molecule has 2 aromatic rings. The summed E-state index contributed by atoms with van der Waals surface area (Å²) in [5.74, 6) is 0. The van der Waals surface area contributed by atoms with Crippen molar-refractivity contribution in [3.05, 3.63) is 41.1 Å². The fraction of sp³-hybridized carbons (Fsp3) is 0.438. The van der Waals surface area contributed by atoms with Crippen molar-refractivity contribution in [3.8, 4) is 0 Å². The van der Waals surface area contributed by atoms with E-state index >= 15 is 0 Å². The average Bonchev–Trinajstić information content (AvgIpc) is 2.62. The maximum Gasteiger partial charge on any atom is 0.0708 e. The van der Waals surface area contributed by atoms with E-state index in [0.717, 1.165) is 38.0 Å². The molecule has 0 saturated carbocycles. The van der Waals surface area contributed by atoms with Gasteiger partial charge in [-0.05, 0) is 43.5 Å². The fourth-order valence-corrected chi connectivity index (χ4v) is 3.00. The van der Waals surface area contributed by atoms with Crippen LogP contribution in [0.2, 0.25) is 0 Å². The molecule has 0 bridgehead atoms. The lowest BCUT2D eigenvalue weighted by atomic mass is 10.00. The second-order valence-electron chi connectivity index (χ2n) is 5.28. The third kappa shape index (κ3) is 2.36. The first kappa shape index (κ1) is 12.6. The Kier molecular flexibility index (Phi) is 3.49. The van der Waals surface area contributed by atoms with Crippen LogP contribution in [0.1, 0.15) is 23.2 Å². The van der Waals surface area contributed by atoms with Crippen LogP contribution in [0.3, 0.4) is 0 Å². The van der Waals surface area contributed by atoms with Crippen molar-refractivity contribution in [2.45, 2.75) is 26.3 Å². The fourth-order valence-electron chi connectivity index (χ4n) is 3.00. The number of hydrogen-bond acceptors (Lipinski definition) is 3. The van der Waals surface area contributed by atoms with E-state index in [9.17, 15) is 0 Å². The minimum atomic E-state index is 0.232. The number of aromatic nitrogens is 1. The van der Waals surface area contributed by atoms with Gasteiger partial charge in [0.1, 0.15) is 0 Å². The quantitative estimate of drug-likeness (QED) is 0.895. The van der Waals surface area contributed by atoms with E-state index in [0.29, 0.717) is 0 Å². The Morgan fingerprint density at radius 3 is 3.00 bits per heavy atom. The van der Waals surface area contributed by atoms with Crippen LogP contribution in [-0.4, -0.2) is 34.7 Å². The summed E-state index contributed by atoms with van der Waals surface area (Å²) < 4.78 is 0. The van der Waals surface area contributed by atoms with Gasteiger partial charge in [0.2, 0.25) is 0 Å². The summed E-state index contributed by atoms with van der Waals surface area (Å²) in [5.41, 5.74) is 5.07. The van der Waals surface area contributed by atoms with Gasteiger partial charge in [0.05, 0.1) is 12.1 Å². The van der Waals surface area contributed by atoms with E-state index in [1.165, 1.54) is 22.2 Å². The van der Waals surface area contributed by atoms with Crippen molar-refractivity contribution in [1.82, 2.24) is 9.88 Å². The number of aryl methyl sites for hydroxylation is 2. The van der Waals surface area contributed by atoms with Gasteiger partial charge in [-0.1, -0.05) is 18.2 Å². The van der Waals surface area contributed by atoms with E-state index in [4.69, 9.17) is 10.1 Å². The van der Waals surface area contributed by atoms with Crippen LogP contribution in [0, 0.1) is 6.92 Å². The van der Waals surface area contributed by atoms with Crippen molar-refractivity contribution in [2.75, 3.05) is 19.7 Å². The molecule has 0 unspecified atom stereocenters. The highest BCUT2D eigenvalue weighted by Crippen LogP contribution is 2.26. The standard InChI is InChI=1S/C16H20N2O/c1-12-13-5-2-3-6-15(13)17-16-7-4-8-18(9-10-19)11-14(12)16/h2-3,5-6,19H,4,7-11H2,1H3. The second-order valence-corrected chi connectivity index (χ2v) is 5.28. The van der Waals surface area contributed by atoms with Crippen LogP contribution in [0.15, 0.2) is 24.3 Å². The first-order valence-electron chi connectivity index (χ1n) is 7.00. The molecule has 0 fully saturated rings. The number of para-hydroxylation sites is 1. The normalized spacial score (nSPS) is 16.3. The molecule has 0 spiro atoms. The Morgan fingerprint density at radius 2 is 2.16 bits per heavy atom. The van der Waals surface area contributed by atoms with E-state index in [2.05, 4.69) is 36.1 Å². The molecule has 0 atom stereocenters. The zero-order chi connectivity index (χ0) is 13.2. The molecule has 3 heteroatoms. The van der Waals surface area contributed by atoms with Gasteiger partial charge in [0, 0.05) is 24.2 Å². The summed E-state index contributed by atoms with van der Waals surface area (Å²) in [7, 11) is 0. The molecule has 0 aliphatic carbocycles. The van der Waals surface area contributed by atoms with Crippen molar-refractivity contribution < 1.29 is 5.11 Å². The molecule has 1 aliphatic rings. The summed E-state index contributed by atoms with van der Waals surface area (Å²) in [6.07, 6.45) is 2.17. The number of β-amino-alcohol motifs (C(OH)–C–C–N with tert-alkyl or cyclic N) is 1. The minimum absolute atomic E-state index is 0.232. The first-order valence-corrected chi connectivity index (χ1v) is 7.00. The second kappa shape index (κ2) is 5.27. The Morgan fingerprint density at radius 1 is 1.32 bits per heavy atom. The summed E-state index contributed by atoms with van der Waals surface area (Å²) in [4.78, 5) is 7.17. The third-order valence-corrected chi connectivity index (χ3v) is 4.05. The molecule has 0 saturated heterocycles. The van der Waals surface area contributed by atoms with Gasteiger partial charge in [-0.25, -0.2) is 0 Å². The van der Waals surface area contributed by atoms with Crippen LogP contribution in [0.5, 0.6) is 0 Å². The van der Waals surface area contributed by atoms with E-state index in [1.807, 2.05) is 0 Å². The average molecular weight is 256 g/mol. The molecule has 3 rings (SSSR count). The van der Waals surface area contributed by atoms with Crippen LogP contribution < -0.4 is 0 Å². The maximum atomic E-state index is 9.14. The molecule has 3 nitrogen and oxygen atoms in total. The Hall–Kier alpha value is -1.45. The summed E-state index contributed by atoms with van der Waals surface area (Å²) in [6.45, 7) is 5.15. The van der Waals surface area contributed by atoms with Gasteiger partial charge >= 0.3 is 0 Å². The highest BCUT2D eigenvalue weighted by atomic mass is 16.3. The van der Waals surface area contributed by atoms with Gasteiger partial charge in [-0.15, -0.1) is 0 Å². The number of aliphatic hydroxyl groups is 1. The van der Waals surface area contributed by atoms with Crippen LogP contribution in [0.25, 0.3) is 10.9 Å². The zero-order valence-corrected chi connectivity index (χ0v) is 11.4. The third-order valence-electron chi connectivity index (χ3n) is 4.05. The highest BCUT2D eigenvalue weighted by Gasteiger charge is 2.18. The van der Waals surface area contributed by atoms with E-state index in [-0.39, 0.29) is 6.61 Å². The van der Waals surface area contributed by atoms with Gasteiger partial charge < -0.3 is 5.11 Å². The van der Waals surface area contributed by atoms with Crippen molar-refractivity contribution in [2.24, 2.45) is 0 Å². The van der Waals surface area contributed by atoms with Crippen LogP contribution >= 0.6 is 0 Å². The topological polar surface area (TPSA) is 36.4 Å². The van der Waals surface area contributed by atoms with Gasteiger partial charge in [-0.2, -0.15) is 0 Å². The number of nitrogens with zero attached hydrogens (tertiary/aromatic N) is 2. The van der Waals surface area contributed by atoms with E-state index in [1.54, 1.807) is 0 Å². The van der Waals surface area contributed by atoms with Crippen LogP contribution in [-0.2, 0) is 13.0 Å². The lowest BCUT2D eigenvalue weighted by molar-refractivity contribution is 0.192. The lowest BCUT2D eigenvalue weighted by Crippen LogP contribution is -2.26. The predicted octanol–water partition coefficient (Wildman–Crippen LogP) is 2.28. The van der Waals surface area contributed by atoms with Gasteiger partial charge in [-0.3, -0.25) is 9.88 Å². The number of hydrogen-bond donors (Lipinski definition) is 1. The number of benzene rings is 1. The summed E-state index contributed by atoms with van der Waals surface area (Å²) in [5, 5.41) is 10.4. The number of rotatable bonds is 2.